The fourth-order valence-corrected chi connectivity index (χ4v) is 4.43. The molecular formula is C24H24N2O6. The molecule has 32 heavy (non-hydrogen) atoms. The second kappa shape index (κ2) is 8.90. The van der Waals surface area contributed by atoms with Gasteiger partial charge >= 0.3 is 11.9 Å². The van der Waals surface area contributed by atoms with Crippen LogP contribution in [0.3, 0.4) is 0 Å². The molecular weight excluding hydrogens is 412 g/mol. The van der Waals surface area contributed by atoms with Crippen molar-refractivity contribution in [3.63, 3.8) is 0 Å². The van der Waals surface area contributed by atoms with E-state index in [2.05, 4.69) is 4.98 Å². The van der Waals surface area contributed by atoms with E-state index in [9.17, 15) is 19.2 Å². The maximum Gasteiger partial charge on any atom is 0.340 e. The number of likely N-dealkylation sites (tertiary alicyclic amines) is 1. The number of benzene rings is 1. The van der Waals surface area contributed by atoms with E-state index in [4.69, 9.17) is 9.47 Å². The number of carbonyl (C=O) groups is 4. The average Bonchev–Trinajstić information content (AvgIpc) is 3.05. The number of aromatic nitrogens is 1. The Labute approximate surface area is 185 Å². The van der Waals surface area contributed by atoms with Crippen molar-refractivity contribution < 1.29 is 28.7 Å². The number of pyridine rings is 1. The summed E-state index contributed by atoms with van der Waals surface area (Å²) in [4.78, 5) is 55.4. The van der Waals surface area contributed by atoms with Gasteiger partial charge in [-0.1, -0.05) is 30.4 Å². The summed E-state index contributed by atoms with van der Waals surface area (Å²) in [6.45, 7) is 1.56. The Bertz CT molecular complexity index is 1110. The minimum absolute atomic E-state index is 0.0163. The van der Waals surface area contributed by atoms with Crippen LogP contribution >= 0.6 is 0 Å². The quantitative estimate of drug-likeness (QED) is 0.390. The number of aryl methyl sites for hydroxylation is 1. The SMILES string of the molecule is COC(=O)c1c(COC(=O)CCN2C(=O)[C@H]3CC=CC[C@@H]3C2=O)nc2ccccc2c1C. The van der Waals surface area contributed by atoms with E-state index < -0.39 is 11.9 Å². The zero-order valence-electron chi connectivity index (χ0n) is 18.0. The third kappa shape index (κ3) is 3.88. The van der Waals surface area contributed by atoms with E-state index in [-0.39, 0.29) is 48.8 Å². The normalized spacial score (nSPS) is 19.9. The lowest BCUT2D eigenvalue weighted by atomic mass is 9.85. The summed E-state index contributed by atoms with van der Waals surface area (Å²) < 4.78 is 10.2. The largest absolute Gasteiger partial charge is 0.465 e. The number of imide groups is 1. The fraction of sp³-hybridized carbons (Fsp3) is 0.375. The standard InChI is InChI=1S/C24H24N2O6/c1-14-15-7-5-6-10-18(15)25-19(21(14)24(30)31-2)13-32-20(27)11-12-26-22(28)16-8-3-4-9-17(16)23(26)29/h3-7,10,16-17H,8-9,11-13H2,1-2H3/t16-,17-/m0/s1. The van der Waals surface area contributed by atoms with Gasteiger partial charge in [0.2, 0.25) is 11.8 Å². The molecule has 1 fully saturated rings. The molecule has 2 atom stereocenters. The molecule has 2 aromatic rings. The molecule has 0 N–H and O–H groups in total. The molecule has 1 aromatic carbocycles. The van der Waals surface area contributed by atoms with Crippen molar-refractivity contribution in [1.29, 1.82) is 0 Å². The van der Waals surface area contributed by atoms with Gasteiger partial charge < -0.3 is 9.47 Å². The first-order valence-corrected chi connectivity index (χ1v) is 10.5. The van der Waals surface area contributed by atoms with Crippen LogP contribution in [-0.4, -0.2) is 47.3 Å². The first kappa shape index (κ1) is 21.7. The van der Waals surface area contributed by atoms with Crippen molar-refractivity contribution in [1.82, 2.24) is 9.88 Å². The minimum atomic E-state index is -0.581. The van der Waals surface area contributed by atoms with Crippen LogP contribution in [0.1, 0.15) is 40.9 Å². The second-order valence-corrected chi connectivity index (χ2v) is 7.96. The molecule has 1 aliphatic carbocycles. The van der Waals surface area contributed by atoms with Crippen LogP contribution < -0.4 is 0 Å². The van der Waals surface area contributed by atoms with Crippen LogP contribution in [0, 0.1) is 18.8 Å². The Morgan fingerprint density at radius 3 is 2.41 bits per heavy atom. The molecule has 0 spiro atoms. The summed E-state index contributed by atoms with van der Waals surface area (Å²) in [6.07, 6.45) is 4.83. The number of hydrogen-bond donors (Lipinski definition) is 0. The molecule has 0 saturated carbocycles. The van der Waals surface area contributed by atoms with Crippen molar-refractivity contribution in [3.05, 3.63) is 53.2 Å². The Hall–Kier alpha value is -3.55. The molecule has 8 heteroatoms. The molecule has 8 nitrogen and oxygen atoms in total. The monoisotopic (exact) mass is 436 g/mol. The molecule has 1 saturated heterocycles. The summed E-state index contributed by atoms with van der Waals surface area (Å²) in [5, 5.41) is 0.810. The average molecular weight is 436 g/mol. The molecule has 0 unspecified atom stereocenters. The summed E-state index contributed by atoms with van der Waals surface area (Å²) in [6, 6.07) is 7.36. The van der Waals surface area contributed by atoms with Gasteiger partial charge in [-0.05, 0) is 31.4 Å². The number of allylic oxidation sites excluding steroid dienone is 2. The highest BCUT2D eigenvalue weighted by atomic mass is 16.5. The lowest BCUT2D eigenvalue weighted by molar-refractivity contribution is -0.146. The third-order valence-corrected chi connectivity index (χ3v) is 6.12. The van der Waals surface area contributed by atoms with Crippen LogP contribution in [0.5, 0.6) is 0 Å². The maximum atomic E-state index is 12.5. The highest BCUT2D eigenvalue weighted by molar-refractivity contribution is 6.05. The Morgan fingerprint density at radius 2 is 1.75 bits per heavy atom. The summed E-state index contributed by atoms with van der Waals surface area (Å²) >= 11 is 0. The van der Waals surface area contributed by atoms with Gasteiger partial charge in [-0.15, -0.1) is 0 Å². The molecule has 2 amide bonds. The van der Waals surface area contributed by atoms with Crippen molar-refractivity contribution in [2.45, 2.75) is 32.8 Å². The highest BCUT2D eigenvalue weighted by Gasteiger charge is 2.46. The van der Waals surface area contributed by atoms with Crippen LogP contribution in [0.25, 0.3) is 10.9 Å². The molecule has 2 heterocycles. The Morgan fingerprint density at radius 1 is 1.09 bits per heavy atom. The second-order valence-electron chi connectivity index (χ2n) is 7.96. The molecule has 1 aromatic heterocycles. The zero-order valence-corrected chi connectivity index (χ0v) is 18.0. The first-order valence-electron chi connectivity index (χ1n) is 10.5. The summed E-state index contributed by atoms with van der Waals surface area (Å²) in [5.41, 5.74) is 1.93. The number of amides is 2. The first-order chi connectivity index (χ1) is 15.4. The number of fused-ring (bicyclic) bond motifs is 2. The molecule has 166 valence electrons. The van der Waals surface area contributed by atoms with Gasteiger partial charge in [-0.25, -0.2) is 9.78 Å². The lowest BCUT2D eigenvalue weighted by Gasteiger charge is -2.15. The van der Waals surface area contributed by atoms with E-state index >= 15 is 0 Å². The zero-order chi connectivity index (χ0) is 22.8. The fourth-order valence-electron chi connectivity index (χ4n) is 4.43. The van der Waals surface area contributed by atoms with Crippen LogP contribution in [0.2, 0.25) is 0 Å². The van der Waals surface area contributed by atoms with E-state index in [1.807, 2.05) is 36.4 Å². The van der Waals surface area contributed by atoms with Gasteiger partial charge in [-0.2, -0.15) is 0 Å². The number of esters is 2. The Kier molecular flexibility index (Phi) is 6.03. The molecule has 1 aliphatic heterocycles. The number of methoxy groups -OCH3 is 1. The number of nitrogens with zero attached hydrogens (tertiary/aromatic N) is 2. The van der Waals surface area contributed by atoms with Crippen molar-refractivity contribution in [2.75, 3.05) is 13.7 Å². The lowest BCUT2D eigenvalue weighted by Crippen LogP contribution is -2.33. The molecule has 0 radical (unpaired) electrons. The van der Waals surface area contributed by atoms with Crippen molar-refractivity contribution in [3.8, 4) is 0 Å². The van der Waals surface area contributed by atoms with Gasteiger partial charge in [0.25, 0.3) is 0 Å². The van der Waals surface area contributed by atoms with E-state index in [1.54, 1.807) is 6.92 Å². The number of carbonyl (C=O) groups excluding carboxylic acids is 4. The predicted molar refractivity (Wildman–Crippen MR) is 114 cm³/mol. The molecule has 4 rings (SSSR count). The van der Waals surface area contributed by atoms with Gasteiger partial charge in [0, 0.05) is 11.9 Å². The van der Waals surface area contributed by atoms with Crippen molar-refractivity contribution >= 4 is 34.7 Å². The van der Waals surface area contributed by atoms with Crippen LogP contribution in [0.4, 0.5) is 0 Å². The Balaban J connectivity index is 1.43. The highest BCUT2D eigenvalue weighted by Crippen LogP contribution is 2.35. The van der Waals surface area contributed by atoms with E-state index in [0.717, 1.165) is 5.39 Å². The maximum absolute atomic E-state index is 12.5. The van der Waals surface area contributed by atoms with E-state index in [1.165, 1.54) is 12.0 Å². The van der Waals surface area contributed by atoms with Gasteiger partial charge in [0.1, 0.15) is 6.61 Å². The van der Waals surface area contributed by atoms with Gasteiger partial charge in [0.05, 0.1) is 42.1 Å². The summed E-state index contributed by atoms with van der Waals surface area (Å²) in [7, 11) is 1.28. The number of rotatable bonds is 6. The van der Waals surface area contributed by atoms with Crippen LogP contribution in [0.15, 0.2) is 36.4 Å². The van der Waals surface area contributed by atoms with Gasteiger partial charge in [0.15, 0.2) is 0 Å². The third-order valence-electron chi connectivity index (χ3n) is 6.12. The topological polar surface area (TPSA) is 103 Å². The smallest absolute Gasteiger partial charge is 0.340 e. The molecule has 2 aliphatic rings. The number of hydrogen-bond acceptors (Lipinski definition) is 7. The number of ether oxygens (including phenoxy) is 2. The predicted octanol–water partition coefficient (Wildman–Crippen LogP) is 2.71. The number of para-hydroxylation sites is 1. The molecule has 0 bridgehead atoms. The summed E-state index contributed by atoms with van der Waals surface area (Å²) in [5.74, 6) is -2.24. The van der Waals surface area contributed by atoms with Gasteiger partial charge in [-0.3, -0.25) is 19.3 Å². The minimum Gasteiger partial charge on any atom is -0.465 e. The van der Waals surface area contributed by atoms with E-state index in [0.29, 0.717) is 29.6 Å². The van der Waals surface area contributed by atoms with Crippen molar-refractivity contribution in [2.24, 2.45) is 11.8 Å². The van der Waals surface area contributed by atoms with Crippen LogP contribution in [-0.2, 0) is 30.5 Å².